The number of rotatable bonds is 0. The maximum atomic E-state index is 3.86. The molecule has 0 fully saturated rings. The Kier molecular flexibility index (Phi) is 4.33. The summed E-state index contributed by atoms with van der Waals surface area (Å²) < 4.78 is 0. The van der Waals surface area contributed by atoms with Gasteiger partial charge in [0.1, 0.15) is 0 Å². The first-order valence-corrected chi connectivity index (χ1v) is 6.20. The van der Waals surface area contributed by atoms with Gasteiger partial charge in [0, 0.05) is 12.4 Å². The van der Waals surface area contributed by atoms with Gasteiger partial charge in [-0.2, -0.15) is 10.2 Å². The van der Waals surface area contributed by atoms with Crippen molar-refractivity contribution in [1.29, 1.82) is 0 Å². The van der Waals surface area contributed by atoms with Gasteiger partial charge in [0.2, 0.25) is 0 Å². The third kappa shape index (κ3) is 4.35. The van der Waals surface area contributed by atoms with Crippen molar-refractivity contribution >= 4 is 0 Å². The van der Waals surface area contributed by atoms with E-state index in [1.54, 1.807) is 0 Å². The van der Waals surface area contributed by atoms with Crippen LogP contribution in [0.5, 0.6) is 0 Å². The minimum atomic E-state index is 0.229. The van der Waals surface area contributed by atoms with Crippen LogP contribution in [-0.2, 0) is 10.8 Å². The minimum Gasteiger partial charge on any atom is -0.285 e. The molecule has 0 aliphatic heterocycles. The topological polar surface area (TPSA) is 57.4 Å². The zero-order valence-electron chi connectivity index (χ0n) is 12.2. The van der Waals surface area contributed by atoms with Crippen LogP contribution in [0, 0.1) is 0 Å². The van der Waals surface area contributed by atoms with Crippen LogP contribution in [-0.4, -0.2) is 20.4 Å². The van der Waals surface area contributed by atoms with Gasteiger partial charge < -0.3 is 0 Å². The molecule has 2 N–H and O–H groups in total. The highest BCUT2D eigenvalue weighted by atomic mass is 15.1. The van der Waals surface area contributed by atoms with E-state index < -0.39 is 0 Å². The third-order valence-electron chi connectivity index (χ3n) is 2.73. The van der Waals surface area contributed by atoms with Crippen molar-refractivity contribution in [1.82, 2.24) is 20.4 Å². The molecule has 0 radical (unpaired) electrons. The lowest BCUT2D eigenvalue weighted by Crippen LogP contribution is -2.09. The molecule has 18 heavy (non-hydrogen) atoms. The first-order valence-electron chi connectivity index (χ1n) is 6.20. The Hall–Kier alpha value is -1.58. The Morgan fingerprint density at radius 1 is 0.722 bits per heavy atom. The van der Waals surface area contributed by atoms with Gasteiger partial charge in [-0.3, -0.25) is 10.2 Å². The normalized spacial score (nSPS) is 11.9. The van der Waals surface area contributed by atoms with Crippen LogP contribution in [0.15, 0.2) is 24.8 Å². The zero-order valence-corrected chi connectivity index (χ0v) is 12.2. The van der Waals surface area contributed by atoms with Crippen LogP contribution < -0.4 is 0 Å². The Balaban J connectivity index is 0.000000180. The Bertz CT molecular complexity index is 383. The third-order valence-corrected chi connectivity index (χ3v) is 2.73. The summed E-state index contributed by atoms with van der Waals surface area (Å²) in [5, 5.41) is 13.3. The van der Waals surface area contributed by atoms with Crippen LogP contribution in [0.25, 0.3) is 0 Å². The average molecular weight is 248 g/mol. The summed E-state index contributed by atoms with van der Waals surface area (Å²) in [5.74, 6) is 0. The molecule has 0 spiro atoms. The monoisotopic (exact) mass is 248 g/mol. The molecule has 0 saturated heterocycles. The summed E-state index contributed by atoms with van der Waals surface area (Å²) in [4.78, 5) is 0. The van der Waals surface area contributed by atoms with Gasteiger partial charge in [0.25, 0.3) is 0 Å². The Labute approximate surface area is 109 Å². The number of hydrogen-bond donors (Lipinski definition) is 2. The van der Waals surface area contributed by atoms with E-state index in [0.717, 1.165) is 0 Å². The number of hydrogen-bond acceptors (Lipinski definition) is 2. The molecule has 0 aliphatic rings. The molecular weight excluding hydrogens is 224 g/mol. The smallest absolute Gasteiger partial charge is 0.0524 e. The molecule has 0 unspecified atom stereocenters. The number of nitrogens with one attached hydrogen (secondary N) is 2. The second-order valence-corrected chi connectivity index (χ2v) is 6.47. The van der Waals surface area contributed by atoms with Gasteiger partial charge in [-0.05, 0) is 22.0 Å². The lowest BCUT2D eigenvalue weighted by molar-refractivity contribution is 0.590. The van der Waals surface area contributed by atoms with E-state index in [2.05, 4.69) is 61.9 Å². The van der Waals surface area contributed by atoms with Gasteiger partial charge in [-0.15, -0.1) is 0 Å². The molecule has 0 atom stereocenters. The molecular formula is C14H24N4. The standard InChI is InChI=1S/2C7H12N2/c2*1-7(2,3)6-4-8-9-5-6/h2*4-5H,1-3H3,(H,8,9). The quantitative estimate of drug-likeness (QED) is 0.750. The van der Waals surface area contributed by atoms with E-state index >= 15 is 0 Å². The van der Waals surface area contributed by atoms with Crippen molar-refractivity contribution in [3.8, 4) is 0 Å². The molecule has 4 nitrogen and oxygen atoms in total. The highest BCUT2D eigenvalue weighted by Gasteiger charge is 2.13. The maximum absolute atomic E-state index is 3.86. The van der Waals surface area contributed by atoms with E-state index in [1.165, 1.54) is 11.1 Å². The fourth-order valence-electron chi connectivity index (χ4n) is 1.32. The number of aromatic nitrogens is 4. The molecule has 0 amide bonds. The van der Waals surface area contributed by atoms with Gasteiger partial charge in [-0.1, -0.05) is 41.5 Å². The molecule has 0 aliphatic carbocycles. The van der Waals surface area contributed by atoms with Crippen molar-refractivity contribution in [3.63, 3.8) is 0 Å². The molecule has 0 aromatic carbocycles. The van der Waals surface area contributed by atoms with Gasteiger partial charge in [-0.25, -0.2) is 0 Å². The van der Waals surface area contributed by atoms with Crippen LogP contribution in [0.2, 0.25) is 0 Å². The number of aromatic amines is 2. The predicted molar refractivity (Wildman–Crippen MR) is 74.6 cm³/mol. The highest BCUT2D eigenvalue weighted by molar-refractivity contribution is 5.14. The van der Waals surface area contributed by atoms with Gasteiger partial charge in [0.05, 0.1) is 12.4 Å². The average Bonchev–Trinajstić information content (AvgIpc) is 2.91. The molecule has 2 rings (SSSR count). The second-order valence-electron chi connectivity index (χ2n) is 6.47. The SMILES string of the molecule is CC(C)(C)c1cn[nH]c1.CC(C)(C)c1cn[nH]c1. The Morgan fingerprint density at radius 2 is 1.06 bits per heavy atom. The first-order chi connectivity index (χ1) is 8.21. The fourth-order valence-corrected chi connectivity index (χ4v) is 1.32. The summed E-state index contributed by atoms with van der Waals surface area (Å²) in [7, 11) is 0. The van der Waals surface area contributed by atoms with Crippen LogP contribution in [0.3, 0.4) is 0 Å². The zero-order chi connectivity index (χ0) is 13.8. The van der Waals surface area contributed by atoms with E-state index in [-0.39, 0.29) is 10.8 Å². The van der Waals surface area contributed by atoms with Crippen LogP contribution >= 0.6 is 0 Å². The predicted octanol–water partition coefficient (Wildman–Crippen LogP) is 3.41. The molecule has 0 bridgehead atoms. The molecule has 4 heteroatoms. The first kappa shape index (κ1) is 14.5. The van der Waals surface area contributed by atoms with Crippen molar-refractivity contribution in [3.05, 3.63) is 35.9 Å². The van der Waals surface area contributed by atoms with E-state index in [9.17, 15) is 0 Å². The molecule has 2 aromatic heterocycles. The largest absolute Gasteiger partial charge is 0.285 e. The molecule has 0 saturated carbocycles. The summed E-state index contributed by atoms with van der Waals surface area (Å²) in [6.45, 7) is 13.0. The fraction of sp³-hybridized carbons (Fsp3) is 0.571. The number of H-pyrrole nitrogens is 2. The van der Waals surface area contributed by atoms with E-state index in [0.29, 0.717) is 0 Å². The summed E-state index contributed by atoms with van der Waals surface area (Å²) in [6, 6.07) is 0. The van der Waals surface area contributed by atoms with Crippen molar-refractivity contribution < 1.29 is 0 Å². The number of nitrogens with zero attached hydrogens (tertiary/aromatic N) is 2. The van der Waals surface area contributed by atoms with Gasteiger partial charge in [0.15, 0.2) is 0 Å². The second kappa shape index (κ2) is 5.38. The van der Waals surface area contributed by atoms with Crippen LogP contribution in [0.4, 0.5) is 0 Å². The maximum Gasteiger partial charge on any atom is 0.0524 e. The lowest BCUT2D eigenvalue weighted by atomic mass is 9.90. The van der Waals surface area contributed by atoms with Crippen molar-refractivity contribution in [2.45, 2.75) is 52.4 Å². The summed E-state index contributed by atoms with van der Waals surface area (Å²) in [6.07, 6.45) is 7.58. The summed E-state index contributed by atoms with van der Waals surface area (Å²) >= 11 is 0. The lowest BCUT2D eigenvalue weighted by Gasteiger charge is -2.14. The molecule has 2 heterocycles. The molecule has 2 aromatic rings. The molecule has 100 valence electrons. The van der Waals surface area contributed by atoms with Crippen molar-refractivity contribution in [2.24, 2.45) is 0 Å². The van der Waals surface area contributed by atoms with E-state index in [1.807, 2.05) is 24.8 Å². The Morgan fingerprint density at radius 3 is 1.17 bits per heavy atom. The summed E-state index contributed by atoms with van der Waals surface area (Å²) in [5.41, 5.74) is 2.96. The van der Waals surface area contributed by atoms with Crippen LogP contribution in [0.1, 0.15) is 52.7 Å². The minimum absolute atomic E-state index is 0.229. The van der Waals surface area contributed by atoms with E-state index in [4.69, 9.17) is 0 Å². The highest BCUT2D eigenvalue weighted by Crippen LogP contribution is 2.20. The van der Waals surface area contributed by atoms with Crippen molar-refractivity contribution in [2.75, 3.05) is 0 Å². The van der Waals surface area contributed by atoms with Gasteiger partial charge >= 0.3 is 0 Å².